The van der Waals surface area contributed by atoms with Gasteiger partial charge < -0.3 is 15.6 Å². The smallest absolute Gasteiger partial charge is 0.255 e. The molecule has 0 aliphatic carbocycles. The van der Waals surface area contributed by atoms with Crippen molar-refractivity contribution in [3.63, 3.8) is 0 Å². The summed E-state index contributed by atoms with van der Waals surface area (Å²) in [6.07, 6.45) is -1.75. The van der Waals surface area contributed by atoms with Gasteiger partial charge in [0, 0.05) is 11.3 Å². The molecule has 8 nitrogen and oxygen atoms in total. The molecule has 0 radical (unpaired) electrons. The van der Waals surface area contributed by atoms with Crippen LogP contribution in [0, 0.1) is 6.92 Å². The first-order chi connectivity index (χ1) is 12.7. The quantitative estimate of drug-likeness (QED) is 0.491. The summed E-state index contributed by atoms with van der Waals surface area (Å²) in [5, 5.41) is 20.7. The summed E-state index contributed by atoms with van der Waals surface area (Å²) >= 11 is 0. The van der Waals surface area contributed by atoms with Crippen molar-refractivity contribution in [1.82, 2.24) is 5.48 Å². The van der Waals surface area contributed by atoms with Gasteiger partial charge in [0.25, 0.3) is 5.91 Å². The lowest BCUT2D eigenvalue weighted by Crippen LogP contribution is -2.35. The van der Waals surface area contributed by atoms with E-state index in [2.05, 4.69) is 5.32 Å². The Morgan fingerprint density at radius 2 is 1.78 bits per heavy atom. The maximum atomic E-state index is 12.3. The summed E-state index contributed by atoms with van der Waals surface area (Å²) in [4.78, 5) is 23.5. The topological polar surface area (TPSA) is 133 Å². The van der Waals surface area contributed by atoms with Crippen LogP contribution in [0.3, 0.4) is 0 Å². The zero-order chi connectivity index (χ0) is 20.0. The fraction of sp³-hybridized carbons (Fsp3) is 0.222. The molecular weight excluding hydrogens is 372 g/mol. The Bertz CT molecular complexity index is 925. The highest BCUT2D eigenvalue weighted by Gasteiger charge is 2.24. The number of hydrogen-bond donors (Lipinski definition) is 4. The van der Waals surface area contributed by atoms with Gasteiger partial charge in [-0.05, 0) is 43.3 Å². The van der Waals surface area contributed by atoms with Gasteiger partial charge in [-0.1, -0.05) is 17.7 Å². The lowest BCUT2D eigenvalue weighted by Gasteiger charge is -2.11. The van der Waals surface area contributed by atoms with Crippen molar-refractivity contribution in [3.8, 4) is 0 Å². The van der Waals surface area contributed by atoms with Gasteiger partial charge in [-0.15, -0.1) is 0 Å². The van der Waals surface area contributed by atoms with E-state index in [1.807, 2.05) is 13.0 Å². The van der Waals surface area contributed by atoms with Crippen molar-refractivity contribution in [2.45, 2.75) is 17.9 Å². The number of carbonyl (C=O) groups is 2. The molecule has 1 amide bonds. The number of aliphatic hydroxyl groups excluding tert-OH is 1. The van der Waals surface area contributed by atoms with Crippen LogP contribution in [0.25, 0.3) is 0 Å². The third-order valence-electron chi connectivity index (χ3n) is 3.75. The van der Waals surface area contributed by atoms with Crippen LogP contribution < -0.4 is 10.8 Å². The van der Waals surface area contributed by atoms with Crippen LogP contribution in [-0.2, 0) is 14.6 Å². The fourth-order valence-electron chi connectivity index (χ4n) is 2.33. The molecule has 0 saturated carbocycles. The first-order valence-electron chi connectivity index (χ1n) is 8.01. The molecule has 2 rings (SSSR count). The van der Waals surface area contributed by atoms with Gasteiger partial charge >= 0.3 is 0 Å². The van der Waals surface area contributed by atoms with E-state index in [0.29, 0.717) is 11.3 Å². The predicted octanol–water partition coefficient (Wildman–Crippen LogP) is 0.930. The molecule has 4 N–H and O–H groups in total. The minimum absolute atomic E-state index is 0.0973. The largest absolute Gasteiger partial charge is 0.384 e. The number of anilines is 1. The van der Waals surface area contributed by atoms with E-state index < -0.39 is 34.0 Å². The Kier molecular flexibility index (Phi) is 6.81. The lowest BCUT2D eigenvalue weighted by atomic mass is 10.1. The van der Waals surface area contributed by atoms with Crippen molar-refractivity contribution in [2.75, 3.05) is 17.6 Å². The van der Waals surface area contributed by atoms with Crippen molar-refractivity contribution >= 4 is 27.2 Å². The summed E-state index contributed by atoms with van der Waals surface area (Å²) < 4.78 is 24.5. The second-order valence-electron chi connectivity index (χ2n) is 5.95. The Labute approximate surface area is 156 Å². The molecule has 0 saturated heterocycles. The Balaban J connectivity index is 2.07. The SMILES string of the molecule is Cc1cccc(C(=O)Nc2ccc(S(=O)(=O)CC(O)C(=O)CNO)cc2)c1. The van der Waals surface area contributed by atoms with Crippen LogP contribution in [0.4, 0.5) is 5.69 Å². The average molecular weight is 392 g/mol. The molecule has 27 heavy (non-hydrogen) atoms. The van der Waals surface area contributed by atoms with Crippen LogP contribution in [-0.4, -0.2) is 48.8 Å². The van der Waals surface area contributed by atoms with Gasteiger partial charge in [-0.2, -0.15) is 5.48 Å². The molecule has 2 aromatic carbocycles. The zero-order valence-corrected chi connectivity index (χ0v) is 15.4. The predicted molar refractivity (Wildman–Crippen MR) is 98.4 cm³/mol. The van der Waals surface area contributed by atoms with Crippen LogP contribution in [0.1, 0.15) is 15.9 Å². The number of Topliss-reactive ketones (excluding diaryl/α,β-unsaturated/α-hetero) is 1. The minimum Gasteiger partial charge on any atom is -0.384 e. The van der Waals surface area contributed by atoms with E-state index in [9.17, 15) is 23.1 Å². The van der Waals surface area contributed by atoms with Gasteiger partial charge in [0.15, 0.2) is 15.6 Å². The average Bonchev–Trinajstić information content (AvgIpc) is 2.62. The summed E-state index contributed by atoms with van der Waals surface area (Å²) in [5.41, 5.74) is 3.39. The summed E-state index contributed by atoms with van der Waals surface area (Å²) in [6.45, 7) is 1.31. The molecule has 0 spiro atoms. The summed E-state index contributed by atoms with van der Waals surface area (Å²) in [7, 11) is -3.92. The van der Waals surface area contributed by atoms with Crippen molar-refractivity contribution in [3.05, 3.63) is 59.7 Å². The number of rotatable bonds is 8. The van der Waals surface area contributed by atoms with E-state index in [0.717, 1.165) is 5.56 Å². The molecule has 0 aliphatic heterocycles. The Morgan fingerprint density at radius 1 is 1.11 bits per heavy atom. The number of ketones is 1. The number of benzene rings is 2. The first kappa shape index (κ1) is 20.7. The van der Waals surface area contributed by atoms with E-state index in [1.54, 1.807) is 23.7 Å². The number of aliphatic hydroxyl groups is 1. The van der Waals surface area contributed by atoms with E-state index in [4.69, 9.17) is 5.21 Å². The number of aryl methyl sites for hydroxylation is 1. The van der Waals surface area contributed by atoms with Crippen LogP contribution >= 0.6 is 0 Å². The van der Waals surface area contributed by atoms with Crippen LogP contribution in [0.5, 0.6) is 0 Å². The third-order valence-corrected chi connectivity index (χ3v) is 5.50. The van der Waals surface area contributed by atoms with Gasteiger partial charge in [0.1, 0.15) is 6.10 Å². The molecule has 0 fully saturated rings. The number of nitrogens with one attached hydrogen (secondary N) is 2. The molecule has 9 heteroatoms. The van der Waals surface area contributed by atoms with E-state index >= 15 is 0 Å². The summed E-state index contributed by atoms with van der Waals surface area (Å²) in [5.74, 6) is -1.97. The molecule has 0 aromatic heterocycles. The first-order valence-corrected chi connectivity index (χ1v) is 9.67. The van der Waals surface area contributed by atoms with Gasteiger partial charge in [0.2, 0.25) is 0 Å². The minimum atomic E-state index is -3.92. The second kappa shape index (κ2) is 8.87. The van der Waals surface area contributed by atoms with Crippen LogP contribution in [0.15, 0.2) is 53.4 Å². The number of carbonyl (C=O) groups excluding carboxylic acids is 2. The monoisotopic (exact) mass is 392 g/mol. The van der Waals surface area contributed by atoms with Crippen molar-refractivity contribution in [1.29, 1.82) is 0 Å². The highest BCUT2D eigenvalue weighted by Crippen LogP contribution is 2.17. The van der Waals surface area contributed by atoms with Gasteiger partial charge in [0.05, 0.1) is 17.2 Å². The molecule has 0 heterocycles. The number of hydrogen-bond acceptors (Lipinski definition) is 7. The lowest BCUT2D eigenvalue weighted by molar-refractivity contribution is -0.126. The second-order valence-corrected chi connectivity index (χ2v) is 7.98. The van der Waals surface area contributed by atoms with Crippen molar-refractivity contribution < 1.29 is 28.3 Å². The summed E-state index contributed by atoms with van der Waals surface area (Å²) in [6, 6.07) is 12.4. The maximum absolute atomic E-state index is 12.3. The third kappa shape index (κ3) is 5.69. The number of hydroxylamine groups is 1. The van der Waals surface area contributed by atoms with Gasteiger partial charge in [-0.25, -0.2) is 8.42 Å². The standard InChI is InChI=1S/C18H20N2O6S/c1-12-3-2-4-13(9-12)18(23)20-14-5-7-15(8-6-14)27(25,26)11-17(22)16(21)10-19-24/h2-9,17,19,22,24H,10-11H2,1H3,(H,20,23). The molecule has 2 aromatic rings. The molecule has 1 unspecified atom stereocenters. The number of amides is 1. The molecule has 0 bridgehead atoms. The normalized spacial score (nSPS) is 12.4. The van der Waals surface area contributed by atoms with E-state index in [-0.39, 0.29) is 10.8 Å². The highest BCUT2D eigenvalue weighted by molar-refractivity contribution is 7.91. The maximum Gasteiger partial charge on any atom is 0.255 e. The van der Waals surface area contributed by atoms with Gasteiger partial charge in [-0.3, -0.25) is 9.59 Å². The Morgan fingerprint density at radius 3 is 2.37 bits per heavy atom. The molecule has 144 valence electrons. The molecular formula is C18H20N2O6S. The fourth-order valence-corrected chi connectivity index (χ4v) is 3.67. The Hall–Kier alpha value is -2.59. The van der Waals surface area contributed by atoms with E-state index in [1.165, 1.54) is 24.3 Å². The zero-order valence-electron chi connectivity index (χ0n) is 14.5. The number of sulfone groups is 1. The van der Waals surface area contributed by atoms with Crippen molar-refractivity contribution in [2.24, 2.45) is 0 Å². The molecule has 0 aliphatic rings. The highest BCUT2D eigenvalue weighted by atomic mass is 32.2. The molecule has 1 atom stereocenters. The van der Waals surface area contributed by atoms with Crippen LogP contribution in [0.2, 0.25) is 0 Å².